The predicted molar refractivity (Wildman–Crippen MR) is 80.3 cm³/mol. The van der Waals surface area contributed by atoms with Crippen LogP contribution >= 0.6 is 0 Å². The van der Waals surface area contributed by atoms with Crippen LogP contribution in [0.25, 0.3) is 10.9 Å². The fourth-order valence-electron chi connectivity index (χ4n) is 2.40. The van der Waals surface area contributed by atoms with Crippen LogP contribution in [0.3, 0.4) is 0 Å². The van der Waals surface area contributed by atoms with E-state index in [1.54, 1.807) is 23.0 Å². The van der Waals surface area contributed by atoms with E-state index in [4.69, 9.17) is 0 Å². The van der Waals surface area contributed by atoms with E-state index in [1.807, 2.05) is 41.5 Å². The summed E-state index contributed by atoms with van der Waals surface area (Å²) in [7, 11) is 0. The molecule has 2 rings (SSSR count). The van der Waals surface area contributed by atoms with Gasteiger partial charge in [0.05, 0.1) is 17.1 Å². The Kier molecular flexibility index (Phi) is 3.11. The largest absolute Gasteiger partial charge is 0.332 e. The molecule has 0 unspecified atom stereocenters. The molecule has 2 aromatic rings. The molecule has 5 nitrogen and oxygen atoms in total. The predicted octanol–water partition coefficient (Wildman–Crippen LogP) is 2.07. The molecule has 0 N–H and O–H groups in total. The van der Waals surface area contributed by atoms with Gasteiger partial charge in [-0.15, -0.1) is 0 Å². The summed E-state index contributed by atoms with van der Waals surface area (Å²) < 4.78 is 2.96. The molecule has 0 aromatic carbocycles. The van der Waals surface area contributed by atoms with Crippen LogP contribution in [0.15, 0.2) is 28.0 Å². The molecular weight excluding hydrogens is 254 g/mol. The van der Waals surface area contributed by atoms with Crippen molar-refractivity contribution in [2.24, 2.45) is 0 Å². The molecule has 0 saturated carbocycles. The second-order valence-corrected chi connectivity index (χ2v) is 6.99. The van der Waals surface area contributed by atoms with Gasteiger partial charge in [-0.25, -0.2) is 4.79 Å². The quantitative estimate of drug-likeness (QED) is 0.739. The summed E-state index contributed by atoms with van der Waals surface area (Å²) in [6.07, 6.45) is 3.16. The zero-order valence-corrected chi connectivity index (χ0v) is 12.9. The minimum atomic E-state index is -0.571. The molecule has 2 heterocycles. The van der Waals surface area contributed by atoms with Gasteiger partial charge in [-0.3, -0.25) is 18.9 Å². The number of hydrogen-bond donors (Lipinski definition) is 0. The highest BCUT2D eigenvalue weighted by Crippen LogP contribution is 2.18. The third kappa shape index (κ3) is 2.17. The minimum absolute atomic E-state index is 0.264. The molecule has 5 heteroatoms. The molecule has 0 aliphatic heterocycles. The van der Waals surface area contributed by atoms with E-state index in [-0.39, 0.29) is 11.2 Å². The molecule has 2 aromatic heterocycles. The van der Waals surface area contributed by atoms with Crippen molar-refractivity contribution in [2.75, 3.05) is 0 Å². The average Bonchev–Trinajstić information content (AvgIpc) is 2.25. The topological polar surface area (TPSA) is 56.9 Å². The molecule has 0 saturated heterocycles. The van der Waals surface area contributed by atoms with Crippen molar-refractivity contribution in [3.05, 3.63) is 39.3 Å². The zero-order valence-electron chi connectivity index (χ0n) is 12.9. The van der Waals surface area contributed by atoms with Gasteiger partial charge in [0.2, 0.25) is 0 Å². The third-order valence-electron chi connectivity index (χ3n) is 3.20. The van der Waals surface area contributed by atoms with E-state index in [0.717, 1.165) is 0 Å². The van der Waals surface area contributed by atoms with Crippen LogP contribution < -0.4 is 11.2 Å². The van der Waals surface area contributed by atoms with Crippen LogP contribution in [0.1, 0.15) is 41.5 Å². The van der Waals surface area contributed by atoms with Crippen LogP contribution in [0.2, 0.25) is 0 Å². The average molecular weight is 275 g/mol. The Balaban J connectivity index is 3.14. The molecule has 0 fully saturated rings. The number of hydrogen-bond acceptors (Lipinski definition) is 3. The van der Waals surface area contributed by atoms with Gasteiger partial charge in [0, 0.05) is 17.3 Å². The maximum Gasteiger partial charge on any atom is 0.332 e. The summed E-state index contributed by atoms with van der Waals surface area (Å²) in [5, 5.41) is 0.518. The van der Waals surface area contributed by atoms with Crippen LogP contribution in [-0.4, -0.2) is 14.1 Å². The fraction of sp³-hybridized carbons (Fsp3) is 0.533. The summed E-state index contributed by atoms with van der Waals surface area (Å²) >= 11 is 0. The number of nitrogens with zero attached hydrogens (tertiary/aromatic N) is 3. The monoisotopic (exact) mass is 275 g/mol. The summed E-state index contributed by atoms with van der Waals surface area (Å²) in [5.41, 5.74) is -0.982. The lowest BCUT2D eigenvalue weighted by Gasteiger charge is -2.29. The van der Waals surface area contributed by atoms with E-state index >= 15 is 0 Å². The van der Waals surface area contributed by atoms with Crippen molar-refractivity contribution in [3.63, 3.8) is 0 Å². The smallest absolute Gasteiger partial charge is 0.286 e. The second kappa shape index (κ2) is 4.30. The lowest BCUT2D eigenvalue weighted by Crippen LogP contribution is -2.50. The highest BCUT2D eigenvalue weighted by atomic mass is 16.2. The first-order valence-electron chi connectivity index (χ1n) is 6.68. The zero-order chi connectivity index (χ0) is 15.3. The van der Waals surface area contributed by atoms with Gasteiger partial charge in [-0.05, 0) is 47.6 Å². The van der Waals surface area contributed by atoms with Gasteiger partial charge >= 0.3 is 5.69 Å². The van der Waals surface area contributed by atoms with Crippen molar-refractivity contribution < 1.29 is 0 Å². The molecule has 0 bridgehead atoms. The normalized spacial score (nSPS) is 12.9. The molecule has 0 radical (unpaired) electrons. The summed E-state index contributed by atoms with van der Waals surface area (Å²) in [5.74, 6) is 0. The van der Waals surface area contributed by atoms with Crippen LogP contribution in [0.5, 0.6) is 0 Å². The Labute approximate surface area is 117 Å². The number of rotatable bonds is 0. The second-order valence-electron chi connectivity index (χ2n) is 6.99. The minimum Gasteiger partial charge on any atom is -0.286 e. The Morgan fingerprint density at radius 1 is 0.950 bits per heavy atom. The number of aromatic nitrogens is 3. The third-order valence-corrected chi connectivity index (χ3v) is 3.20. The van der Waals surface area contributed by atoms with Crippen molar-refractivity contribution in [3.8, 4) is 0 Å². The Morgan fingerprint density at radius 2 is 1.50 bits per heavy atom. The van der Waals surface area contributed by atoms with Crippen LogP contribution in [0.4, 0.5) is 0 Å². The Morgan fingerprint density at radius 3 is 2.00 bits per heavy atom. The Hall–Kier alpha value is -1.91. The SMILES string of the molecule is CC(C)(C)n1c(=O)c2ccncc2n(C(C)(C)C)c1=O. The van der Waals surface area contributed by atoms with Crippen molar-refractivity contribution in [2.45, 2.75) is 52.6 Å². The first-order valence-corrected chi connectivity index (χ1v) is 6.68. The van der Waals surface area contributed by atoms with Gasteiger partial charge < -0.3 is 0 Å². The van der Waals surface area contributed by atoms with Crippen molar-refractivity contribution in [1.29, 1.82) is 0 Å². The molecule has 0 atom stereocenters. The number of pyridine rings is 1. The fourth-order valence-corrected chi connectivity index (χ4v) is 2.40. The van der Waals surface area contributed by atoms with E-state index in [9.17, 15) is 9.59 Å². The first kappa shape index (κ1) is 14.5. The van der Waals surface area contributed by atoms with E-state index in [0.29, 0.717) is 10.9 Å². The van der Waals surface area contributed by atoms with Gasteiger partial charge in [0.15, 0.2) is 0 Å². The Bertz CT molecular complexity index is 771. The van der Waals surface area contributed by atoms with Gasteiger partial charge in [-0.2, -0.15) is 0 Å². The van der Waals surface area contributed by atoms with E-state index in [2.05, 4.69) is 4.98 Å². The highest BCUT2D eigenvalue weighted by molar-refractivity contribution is 5.77. The van der Waals surface area contributed by atoms with Crippen molar-refractivity contribution in [1.82, 2.24) is 14.1 Å². The highest BCUT2D eigenvalue weighted by Gasteiger charge is 2.26. The molecule has 0 amide bonds. The van der Waals surface area contributed by atoms with Gasteiger partial charge in [0.1, 0.15) is 0 Å². The van der Waals surface area contributed by atoms with E-state index in [1.165, 1.54) is 4.57 Å². The standard InChI is InChI=1S/C15H21N3O2/c1-14(2,3)17-11-9-16-8-7-10(11)12(19)18(13(17)20)15(4,5)6/h7-9H,1-6H3. The molecular formula is C15H21N3O2. The van der Waals surface area contributed by atoms with E-state index < -0.39 is 11.1 Å². The van der Waals surface area contributed by atoms with Crippen molar-refractivity contribution >= 4 is 10.9 Å². The maximum absolute atomic E-state index is 12.8. The molecule has 0 aliphatic carbocycles. The van der Waals surface area contributed by atoms with Gasteiger partial charge in [0.25, 0.3) is 5.56 Å². The molecule has 0 aliphatic rings. The molecule has 20 heavy (non-hydrogen) atoms. The van der Waals surface area contributed by atoms with Crippen LogP contribution in [-0.2, 0) is 11.1 Å². The molecule has 0 spiro atoms. The lowest BCUT2D eigenvalue weighted by molar-refractivity contribution is 0.321. The lowest BCUT2D eigenvalue weighted by atomic mass is 10.1. The first-order chi connectivity index (χ1) is 9.05. The van der Waals surface area contributed by atoms with Gasteiger partial charge in [-0.1, -0.05) is 0 Å². The summed E-state index contributed by atoms with van der Waals surface area (Å²) in [6, 6.07) is 1.67. The maximum atomic E-state index is 12.8. The number of fused-ring (bicyclic) bond motifs is 1. The summed E-state index contributed by atoms with van der Waals surface area (Å²) in [6.45, 7) is 11.4. The molecule has 108 valence electrons. The summed E-state index contributed by atoms with van der Waals surface area (Å²) in [4.78, 5) is 29.4. The van der Waals surface area contributed by atoms with Crippen LogP contribution in [0, 0.1) is 0 Å².